The van der Waals surface area contributed by atoms with Crippen LogP contribution < -0.4 is 4.74 Å². The molecule has 1 aromatic carbocycles. The molecule has 0 fully saturated rings. The lowest BCUT2D eigenvalue weighted by molar-refractivity contribution is 0.342. The Bertz CT molecular complexity index is 486. The van der Waals surface area contributed by atoms with E-state index in [9.17, 15) is 8.42 Å². The van der Waals surface area contributed by atoms with E-state index in [-0.39, 0.29) is 17.3 Å². The average Bonchev–Trinajstić information content (AvgIpc) is 2.28. The van der Waals surface area contributed by atoms with E-state index in [1.807, 2.05) is 0 Å². The normalized spacial score (nSPS) is 12.5. The van der Waals surface area contributed by atoms with Crippen molar-refractivity contribution in [2.45, 2.75) is 11.8 Å². The number of sulfone groups is 1. The van der Waals surface area contributed by atoms with Crippen molar-refractivity contribution < 1.29 is 18.3 Å². The third kappa shape index (κ3) is 3.87. The van der Waals surface area contributed by atoms with Crippen molar-refractivity contribution in [3.63, 3.8) is 0 Å². The Hall–Kier alpha value is -1.33. The topological polar surface area (TPSA) is 63.6 Å². The van der Waals surface area contributed by atoms with Crippen LogP contribution in [0.25, 0.3) is 0 Å². The first-order chi connectivity index (χ1) is 7.99. The lowest BCUT2D eigenvalue weighted by atomic mass is 10.3. The summed E-state index contributed by atoms with van der Waals surface area (Å²) in [6.45, 7) is 1.53. The largest absolute Gasteiger partial charge is 0.497 e. The van der Waals surface area contributed by atoms with Gasteiger partial charge in [-0.3, -0.25) is 0 Å². The van der Waals surface area contributed by atoms with E-state index in [1.165, 1.54) is 25.3 Å². The van der Waals surface area contributed by atoms with Crippen LogP contribution in [-0.4, -0.2) is 33.0 Å². The molecule has 17 heavy (non-hydrogen) atoms. The maximum Gasteiger partial charge on any atom is 0.182 e. The van der Waals surface area contributed by atoms with E-state index < -0.39 is 9.84 Å². The Labute approximate surface area is 101 Å². The SMILES string of the molecule is COc1ccc(S(=O)(=O)CC(C)=CCO)cc1. The summed E-state index contributed by atoms with van der Waals surface area (Å²) in [5, 5.41) is 8.68. The lowest BCUT2D eigenvalue weighted by Crippen LogP contribution is -2.08. The van der Waals surface area contributed by atoms with Gasteiger partial charge < -0.3 is 9.84 Å². The van der Waals surface area contributed by atoms with Crippen molar-refractivity contribution in [2.24, 2.45) is 0 Å². The molecule has 1 aromatic rings. The predicted octanol–water partition coefficient (Wildman–Crippen LogP) is 1.41. The number of rotatable bonds is 5. The Kier molecular flexibility index (Phi) is 4.72. The maximum atomic E-state index is 12.0. The fraction of sp³-hybridized carbons (Fsp3) is 0.333. The van der Waals surface area contributed by atoms with Crippen molar-refractivity contribution >= 4 is 9.84 Å². The molecule has 0 aliphatic heterocycles. The lowest BCUT2D eigenvalue weighted by Gasteiger charge is -2.05. The first-order valence-electron chi connectivity index (χ1n) is 5.13. The van der Waals surface area contributed by atoms with Crippen LogP contribution in [0.2, 0.25) is 0 Å². The Morgan fingerprint density at radius 1 is 1.35 bits per heavy atom. The smallest absolute Gasteiger partial charge is 0.182 e. The van der Waals surface area contributed by atoms with E-state index in [2.05, 4.69) is 0 Å². The zero-order valence-electron chi connectivity index (χ0n) is 9.88. The molecular weight excluding hydrogens is 240 g/mol. The highest BCUT2D eigenvalue weighted by Crippen LogP contribution is 2.18. The summed E-state index contributed by atoms with van der Waals surface area (Å²) in [6.07, 6.45) is 1.49. The van der Waals surface area contributed by atoms with Gasteiger partial charge in [-0.25, -0.2) is 8.42 Å². The molecule has 0 amide bonds. The summed E-state index contributed by atoms with van der Waals surface area (Å²) in [4.78, 5) is 0.254. The second-order valence-corrected chi connectivity index (χ2v) is 5.66. The predicted molar refractivity (Wildman–Crippen MR) is 65.9 cm³/mol. The minimum atomic E-state index is -3.34. The van der Waals surface area contributed by atoms with Crippen LogP contribution in [0.1, 0.15) is 6.92 Å². The number of aliphatic hydroxyl groups excluding tert-OH is 1. The highest BCUT2D eigenvalue weighted by molar-refractivity contribution is 7.91. The zero-order valence-corrected chi connectivity index (χ0v) is 10.7. The van der Waals surface area contributed by atoms with E-state index in [0.717, 1.165) is 0 Å². The van der Waals surface area contributed by atoms with Crippen LogP contribution in [0.4, 0.5) is 0 Å². The quantitative estimate of drug-likeness (QED) is 0.809. The second-order valence-electron chi connectivity index (χ2n) is 3.67. The van der Waals surface area contributed by atoms with Gasteiger partial charge in [0.2, 0.25) is 0 Å². The van der Waals surface area contributed by atoms with Crippen molar-refractivity contribution in [1.29, 1.82) is 0 Å². The molecule has 94 valence electrons. The van der Waals surface area contributed by atoms with Crippen molar-refractivity contribution in [3.05, 3.63) is 35.9 Å². The molecule has 5 heteroatoms. The summed E-state index contributed by atoms with van der Waals surface area (Å²) < 4.78 is 28.9. The maximum absolute atomic E-state index is 12.0. The molecule has 0 saturated heterocycles. The second kappa shape index (κ2) is 5.84. The fourth-order valence-corrected chi connectivity index (χ4v) is 2.82. The van der Waals surface area contributed by atoms with Crippen molar-refractivity contribution in [3.8, 4) is 5.75 Å². The summed E-state index contributed by atoms with van der Waals surface area (Å²) in [5.74, 6) is 0.534. The Morgan fingerprint density at radius 2 is 1.94 bits per heavy atom. The minimum absolute atomic E-state index is 0.0834. The molecule has 0 saturated carbocycles. The van der Waals surface area contributed by atoms with Crippen molar-refractivity contribution in [1.82, 2.24) is 0 Å². The van der Waals surface area contributed by atoms with Crippen LogP contribution in [-0.2, 0) is 9.84 Å². The summed E-state index contributed by atoms with van der Waals surface area (Å²) in [7, 11) is -1.82. The van der Waals surface area contributed by atoms with Gasteiger partial charge in [-0.2, -0.15) is 0 Å². The standard InChI is InChI=1S/C12H16O4S/c1-10(7-8-13)9-17(14,15)12-5-3-11(16-2)4-6-12/h3-7,13H,8-9H2,1-2H3. The molecule has 0 spiro atoms. The van der Waals surface area contributed by atoms with Gasteiger partial charge in [-0.05, 0) is 31.2 Å². The van der Waals surface area contributed by atoms with Crippen LogP contribution in [0, 0.1) is 0 Å². The molecule has 4 nitrogen and oxygen atoms in total. The van der Waals surface area contributed by atoms with Gasteiger partial charge in [-0.1, -0.05) is 11.6 Å². The number of ether oxygens (including phenoxy) is 1. The Morgan fingerprint density at radius 3 is 2.41 bits per heavy atom. The third-order valence-corrected chi connectivity index (χ3v) is 4.10. The summed E-state index contributed by atoms with van der Waals surface area (Å²) in [5.41, 5.74) is 0.628. The molecule has 0 aliphatic rings. The fourth-order valence-electron chi connectivity index (χ4n) is 1.38. The molecule has 0 radical (unpaired) electrons. The van der Waals surface area contributed by atoms with Crippen LogP contribution in [0.15, 0.2) is 40.8 Å². The molecule has 0 unspecified atom stereocenters. The molecule has 0 aliphatic carbocycles. The number of hydrogen-bond donors (Lipinski definition) is 1. The molecular formula is C12H16O4S. The molecule has 1 N–H and O–H groups in total. The summed E-state index contributed by atoms with van der Waals surface area (Å²) in [6, 6.07) is 6.25. The molecule has 1 rings (SSSR count). The monoisotopic (exact) mass is 256 g/mol. The Balaban J connectivity index is 2.93. The average molecular weight is 256 g/mol. The van der Waals surface area contributed by atoms with Gasteiger partial charge in [0.15, 0.2) is 9.84 Å². The molecule has 0 atom stereocenters. The van der Waals surface area contributed by atoms with Crippen LogP contribution in [0.3, 0.4) is 0 Å². The van der Waals surface area contributed by atoms with Gasteiger partial charge in [0.1, 0.15) is 5.75 Å². The van der Waals surface area contributed by atoms with E-state index in [4.69, 9.17) is 9.84 Å². The van der Waals surface area contributed by atoms with Crippen molar-refractivity contribution in [2.75, 3.05) is 19.5 Å². The van der Waals surface area contributed by atoms with Gasteiger partial charge in [0.25, 0.3) is 0 Å². The third-order valence-electron chi connectivity index (χ3n) is 2.28. The zero-order chi connectivity index (χ0) is 12.9. The number of aliphatic hydroxyl groups is 1. The van der Waals surface area contributed by atoms with Gasteiger partial charge >= 0.3 is 0 Å². The highest BCUT2D eigenvalue weighted by Gasteiger charge is 2.14. The molecule has 0 heterocycles. The van der Waals surface area contributed by atoms with Crippen LogP contribution in [0.5, 0.6) is 5.75 Å². The van der Waals surface area contributed by atoms with E-state index in [1.54, 1.807) is 19.1 Å². The minimum Gasteiger partial charge on any atom is -0.497 e. The van der Waals surface area contributed by atoms with Gasteiger partial charge in [-0.15, -0.1) is 0 Å². The number of methoxy groups -OCH3 is 1. The first kappa shape index (κ1) is 13.7. The summed E-state index contributed by atoms with van der Waals surface area (Å²) >= 11 is 0. The van der Waals surface area contributed by atoms with Gasteiger partial charge in [0.05, 0.1) is 24.4 Å². The molecule has 0 bridgehead atoms. The van der Waals surface area contributed by atoms with E-state index >= 15 is 0 Å². The first-order valence-corrected chi connectivity index (χ1v) is 6.78. The number of hydrogen-bond acceptors (Lipinski definition) is 4. The number of benzene rings is 1. The van der Waals surface area contributed by atoms with Crippen LogP contribution >= 0.6 is 0 Å². The molecule has 0 aromatic heterocycles. The van der Waals surface area contributed by atoms with Gasteiger partial charge in [0, 0.05) is 0 Å². The van der Waals surface area contributed by atoms with E-state index in [0.29, 0.717) is 11.3 Å². The highest BCUT2D eigenvalue weighted by atomic mass is 32.2.